The van der Waals surface area contributed by atoms with Gasteiger partial charge in [0.25, 0.3) is 0 Å². The number of aromatic nitrogens is 2. The number of rotatable bonds is 7. The van der Waals surface area contributed by atoms with Crippen LogP contribution in [0, 0.1) is 0 Å². The maximum absolute atomic E-state index is 6.56. The summed E-state index contributed by atoms with van der Waals surface area (Å²) in [6, 6.07) is 72.2. The molecule has 10 aromatic rings. The van der Waals surface area contributed by atoms with Gasteiger partial charge >= 0.3 is 0 Å². The van der Waals surface area contributed by atoms with Crippen molar-refractivity contribution >= 4 is 21.9 Å². The van der Waals surface area contributed by atoms with E-state index in [4.69, 9.17) is 14.4 Å². The molecule has 0 fully saturated rings. The average Bonchev–Trinajstić information content (AvgIpc) is 3.66. The molecule has 2 aromatic heterocycles. The lowest BCUT2D eigenvalue weighted by atomic mass is 9.93. The number of para-hydroxylation sites is 2. The molecule has 55 heavy (non-hydrogen) atoms. The molecule has 2 heterocycles. The van der Waals surface area contributed by atoms with E-state index in [2.05, 4.69) is 170 Å². The molecule has 0 saturated carbocycles. The van der Waals surface area contributed by atoms with E-state index in [-0.39, 0.29) is 0 Å². The lowest BCUT2D eigenvalue weighted by molar-refractivity contribution is 0.670. The molecule has 0 unspecified atom stereocenters. The summed E-state index contributed by atoms with van der Waals surface area (Å²) in [6.07, 6.45) is 0. The van der Waals surface area contributed by atoms with Crippen molar-refractivity contribution < 1.29 is 4.42 Å². The van der Waals surface area contributed by atoms with Crippen LogP contribution in [0.3, 0.4) is 0 Å². The fourth-order valence-corrected chi connectivity index (χ4v) is 7.48. The largest absolute Gasteiger partial charge is 0.455 e. The first-order chi connectivity index (χ1) is 27.2. The van der Waals surface area contributed by atoms with Crippen LogP contribution in [0.25, 0.3) is 100 Å². The Morgan fingerprint density at radius 2 is 0.745 bits per heavy atom. The molecule has 0 spiro atoms. The van der Waals surface area contributed by atoms with Gasteiger partial charge in [-0.2, -0.15) is 0 Å². The van der Waals surface area contributed by atoms with Crippen LogP contribution in [-0.2, 0) is 0 Å². The minimum atomic E-state index is 0.679. The van der Waals surface area contributed by atoms with Crippen molar-refractivity contribution in [2.24, 2.45) is 0 Å². The van der Waals surface area contributed by atoms with E-state index in [9.17, 15) is 0 Å². The Kier molecular flexibility index (Phi) is 8.16. The smallest absolute Gasteiger partial charge is 0.160 e. The SMILES string of the molecule is c1ccc(-c2ccc(-c3cc(-c4cc(-c5ccc(-c6ccccc6)cc5)nc(-c5ccccc5)n4)cc(-c4cccc5c4oc4ccccc45)c3)cc2)cc1. The van der Waals surface area contributed by atoms with E-state index in [1.165, 1.54) is 16.7 Å². The summed E-state index contributed by atoms with van der Waals surface area (Å²) in [5, 5.41) is 2.21. The molecule has 3 heteroatoms. The Bertz CT molecular complexity index is 2930. The topological polar surface area (TPSA) is 38.9 Å². The minimum Gasteiger partial charge on any atom is -0.455 e. The van der Waals surface area contributed by atoms with E-state index in [1.807, 2.05) is 36.4 Å². The van der Waals surface area contributed by atoms with Crippen LogP contribution >= 0.6 is 0 Å². The summed E-state index contributed by atoms with van der Waals surface area (Å²) in [5.41, 5.74) is 15.5. The number of hydrogen-bond donors (Lipinski definition) is 0. The molecule has 0 aliphatic heterocycles. The first-order valence-corrected chi connectivity index (χ1v) is 18.6. The molecule has 0 aliphatic carbocycles. The third-order valence-electron chi connectivity index (χ3n) is 10.3. The number of fused-ring (bicyclic) bond motifs is 3. The van der Waals surface area contributed by atoms with Crippen LogP contribution in [0.4, 0.5) is 0 Å². The lowest BCUT2D eigenvalue weighted by Crippen LogP contribution is -1.96. The summed E-state index contributed by atoms with van der Waals surface area (Å²) in [5.74, 6) is 0.679. The zero-order valence-corrected chi connectivity index (χ0v) is 29.9. The van der Waals surface area contributed by atoms with Crippen molar-refractivity contribution in [1.29, 1.82) is 0 Å². The Labute approximate surface area is 319 Å². The first-order valence-electron chi connectivity index (χ1n) is 18.6. The molecular weight excluding hydrogens is 669 g/mol. The molecule has 0 N–H and O–H groups in total. The average molecular weight is 703 g/mol. The fraction of sp³-hybridized carbons (Fsp3) is 0. The van der Waals surface area contributed by atoms with Crippen LogP contribution in [-0.4, -0.2) is 9.97 Å². The second-order valence-corrected chi connectivity index (χ2v) is 13.8. The Balaban J connectivity index is 1.16. The molecule has 0 radical (unpaired) electrons. The molecule has 10 rings (SSSR count). The molecule has 258 valence electrons. The molecule has 0 saturated heterocycles. The van der Waals surface area contributed by atoms with Crippen LogP contribution < -0.4 is 0 Å². The zero-order chi connectivity index (χ0) is 36.6. The predicted octanol–water partition coefficient (Wildman–Crippen LogP) is 14.0. The second-order valence-electron chi connectivity index (χ2n) is 13.8. The standard InChI is InChI=1S/C52H34N2O/c1-4-13-35(14-5-1)37-23-25-39(26-24-37)42-31-43(45-20-12-21-47-46-19-10-11-22-50(46)55-51(45)47)33-44(32-42)49-34-48(53-52(54-49)41-17-8-3-9-18-41)40-29-27-38(28-30-40)36-15-6-2-7-16-36/h1-34H. The highest BCUT2D eigenvalue weighted by Crippen LogP contribution is 2.40. The van der Waals surface area contributed by atoms with Gasteiger partial charge in [0.1, 0.15) is 11.2 Å². The van der Waals surface area contributed by atoms with Crippen molar-refractivity contribution in [3.63, 3.8) is 0 Å². The number of hydrogen-bond acceptors (Lipinski definition) is 3. The van der Waals surface area contributed by atoms with Crippen molar-refractivity contribution in [1.82, 2.24) is 9.97 Å². The summed E-state index contributed by atoms with van der Waals surface area (Å²) < 4.78 is 6.56. The van der Waals surface area contributed by atoms with Crippen molar-refractivity contribution in [3.8, 4) is 78.4 Å². The van der Waals surface area contributed by atoms with Gasteiger partial charge in [-0.25, -0.2) is 9.97 Å². The van der Waals surface area contributed by atoms with Crippen molar-refractivity contribution in [2.75, 3.05) is 0 Å². The summed E-state index contributed by atoms with van der Waals surface area (Å²) in [7, 11) is 0. The molecule has 0 aliphatic rings. The van der Waals surface area contributed by atoms with Gasteiger partial charge in [0.05, 0.1) is 11.4 Å². The van der Waals surface area contributed by atoms with Gasteiger partial charge < -0.3 is 4.42 Å². The third kappa shape index (κ3) is 6.28. The monoisotopic (exact) mass is 702 g/mol. The van der Waals surface area contributed by atoms with Crippen LogP contribution in [0.1, 0.15) is 0 Å². The zero-order valence-electron chi connectivity index (χ0n) is 29.9. The van der Waals surface area contributed by atoms with Gasteiger partial charge in [-0.05, 0) is 69.3 Å². The van der Waals surface area contributed by atoms with Crippen molar-refractivity contribution in [2.45, 2.75) is 0 Å². The van der Waals surface area contributed by atoms with Crippen LogP contribution in [0.15, 0.2) is 211 Å². The molecule has 0 bridgehead atoms. The van der Waals surface area contributed by atoms with Gasteiger partial charge in [-0.1, -0.05) is 176 Å². The van der Waals surface area contributed by atoms with Crippen molar-refractivity contribution in [3.05, 3.63) is 206 Å². The first kappa shape index (κ1) is 32.3. The summed E-state index contributed by atoms with van der Waals surface area (Å²) in [4.78, 5) is 10.4. The lowest BCUT2D eigenvalue weighted by Gasteiger charge is -2.14. The number of benzene rings is 8. The van der Waals surface area contributed by atoms with E-state index in [0.717, 1.165) is 77.8 Å². The highest BCUT2D eigenvalue weighted by atomic mass is 16.3. The Hall–Kier alpha value is -7.36. The van der Waals surface area contributed by atoms with E-state index >= 15 is 0 Å². The van der Waals surface area contributed by atoms with Gasteiger partial charge in [-0.15, -0.1) is 0 Å². The highest BCUT2D eigenvalue weighted by molar-refractivity contribution is 6.09. The highest BCUT2D eigenvalue weighted by Gasteiger charge is 2.17. The van der Waals surface area contributed by atoms with E-state index in [0.29, 0.717) is 5.82 Å². The maximum Gasteiger partial charge on any atom is 0.160 e. The van der Waals surface area contributed by atoms with E-state index < -0.39 is 0 Å². The molecule has 8 aromatic carbocycles. The Morgan fingerprint density at radius 1 is 0.291 bits per heavy atom. The van der Waals surface area contributed by atoms with Gasteiger partial charge in [0.2, 0.25) is 0 Å². The maximum atomic E-state index is 6.56. The molecule has 0 atom stereocenters. The Morgan fingerprint density at radius 3 is 1.38 bits per heavy atom. The summed E-state index contributed by atoms with van der Waals surface area (Å²) >= 11 is 0. The number of furan rings is 1. The van der Waals surface area contributed by atoms with E-state index in [1.54, 1.807) is 0 Å². The molecule has 0 amide bonds. The normalized spacial score (nSPS) is 11.3. The quantitative estimate of drug-likeness (QED) is 0.166. The van der Waals surface area contributed by atoms with Gasteiger partial charge in [0, 0.05) is 33.0 Å². The third-order valence-corrected chi connectivity index (χ3v) is 10.3. The van der Waals surface area contributed by atoms with Gasteiger partial charge in [-0.3, -0.25) is 0 Å². The van der Waals surface area contributed by atoms with Crippen LogP contribution in [0.2, 0.25) is 0 Å². The molecular formula is C52H34N2O. The number of nitrogens with zero attached hydrogens (tertiary/aromatic N) is 2. The van der Waals surface area contributed by atoms with Crippen LogP contribution in [0.5, 0.6) is 0 Å². The molecule has 3 nitrogen and oxygen atoms in total. The minimum absolute atomic E-state index is 0.679. The predicted molar refractivity (Wildman–Crippen MR) is 227 cm³/mol. The fourth-order valence-electron chi connectivity index (χ4n) is 7.48. The summed E-state index contributed by atoms with van der Waals surface area (Å²) in [6.45, 7) is 0. The second kappa shape index (κ2) is 13.9. The van der Waals surface area contributed by atoms with Gasteiger partial charge in [0.15, 0.2) is 5.82 Å².